The second kappa shape index (κ2) is 4.58. The van der Waals surface area contributed by atoms with Crippen molar-refractivity contribution >= 4 is 25.9 Å². The summed E-state index contributed by atoms with van der Waals surface area (Å²) < 4.78 is -1.13. The quantitative estimate of drug-likeness (QED) is 0.602. The van der Waals surface area contributed by atoms with Crippen molar-refractivity contribution in [2.75, 3.05) is 0 Å². The molecule has 0 aromatic rings. The van der Waals surface area contributed by atoms with Gasteiger partial charge in [-0.3, -0.25) is 0 Å². The van der Waals surface area contributed by atoms with Gasteiger partial charge in [-0.05, 0) is 0 Å². The summed E-state index contributed by atoms with van der Waals surface area (Å²) in [6, 6.07) is 0.578. The maximum atomic E-state index is 3.85. The molecule has 0 aliphatic carbocycles. The minimum atomic E-state index is -1.13. The number of rotatable bonds is 2. The van der Waals surface area contributed by atoms with Gasteiger partial charge >= 0.3 is 103 Å². The van der Waals surface area contributed by atoms with Gasteiger partial charge in [0.15, 0.2) is 0 Å². The molecule has 0 aliphatic heterocycles. The molecular weight excluding hydrogens is 305 g/mol. The molecule has 0 atom stereocenters. The molecule has 0 radical (unpaired) electrons. The second-order valence-electron chi connectivity index (χ2n) is 6.23. The van der Waals surface area contributed by atoms with Crippen LogP contribution in [-0.4, -0.2) is 37.6 Å². The molecule has 14 heavy (non-hydrogen) atoms. The zero-order chi connectivity index (χ0) is 11.8. The zero-order valence-corrected chi connectivity index (χ0v) is 14.2. The van der Waals surface area contributed by atoms with Crippen LogP contribution in [0, 0.1) is 0 Å². The number of nitrogens with one attached hydrogen (secondary N) is 1. The van der Waals surface area contributed by atoms with Crippen molar-refractivity contribution in [2.24, 2.45) is 0 Å². The summed E-state index contributed by atoms with van der Waals surface area (Å²) in [6.45, 7) is 18.7. The Morgan fingerprint density at radius 3 is 1.29 bits per heavy atom. The SMILES string of the molecule is CC(C)NP(=[Te])(C(C)(C)C)C(C)(C)C. The van der Waals surface area contributed by atoms with E-state index >= 15 is 0 Å². The molecule has 0 amide bonds. The van der Waals surface area contributed by atoms with Crippen molar-refractivity contribution in [1.29, 1.82) is 0 Å². The standard InChI is InChI=1S/C11H26NPTe/c1-9(2)12-13(14,10(3,4)5)11(6,7)8/h9H,1-8H3,(H,12,14). The molecule has 1 nitrogen and oxygen atoms in total. The summed E-state index contributed by atoms with van der Waals surface area (Å²) in [6.07, 6.45) is 0. The van der Waals surface area contributed by atoms with Gasteiger partial charge in [0.2, 0.25) is 0 Å². The van der Waals surface area contributed by atoms with E-state index in [2.05, 4.69) is 81.7 Å². The maximum absolute atomic E-state index is 3.85. The van der Waals surface area contributed by atoms with Crippen LogP contribution in [0.5, 0.6) is 0 Å². The molecule has 1 N–H and O–H groups in total. The Hall–Kier alpha value is 1.18. The van der Waals surface area contributed by atoms with Crippen LogP contribution in [0.25, 0.3) is 0 Å². The van der Waals surface area contributed by atoms with Crippen molar-refractivity contribution in [2.45, 2.75) is 71.7 Å². The van der Waals surface area contributed by atoms with Crippen LogP contribution in [0.2, 0.25) is 0 Å². The molecule has 0 bridgehead atoms. The molecule has 86 valence electrons. The van der Waals surface area contributed by atoms with E-state index in [1.54, 1.807) is 0 Å². The van der Waals surface area contributed by atoms with Crippen molar-refractivity contribution in [3.8, 4) is 0 Å². The fraction of sp³-hybridized carbons (Fsp3) is 1.00. The van der Waals surface area contributed by atoms with Gasteiger partial charge in [-0.25, -0.2) is 0 Å². The van der Waals surface area contributed by atoms with Crippen LogP contribution in [0.1, 0.15) is 55.4 Å². The third-order valence-corrected chi connectivity index (χ3v) is 17.3. The normalized spacial score (nSPS) is 14.9. The Balaban J connectivity index is 5.20. The summed E-state index contributed by atoms with van der Waals surface area (Å²) in [5, 5.41) is 4.60. The monoisotopic (exact) mass is 333 g/mol. The van der Waals surface area contributed by atoms with E-state index in [0.29, 0.717) is 16.4 Å². The predicted molar refractivity (Wildman–Crippen MR) is 70.5 cm³/mol. The Bertz CT molecular complexity index is 215. The molecule has 0 heterocycles. The fourth-order valence-electron chi connectivity index (χ4n) is 1.76. The van der Waals surface area contributed by atoms with E-state index in [0.717, 1.165) is 0 Å². The van der Waals surface area contributed by atoms with Gasteiger partial charge in [-0.15, -0.1) is 0 Å². The second-order valence-corrected chi connectivity index (χ2v) is 15.1. The van der Waals surface area contributed by atoms with E-state index in [1.807, 2.05) is 0 Å². The van der Waals surface area contributed by atoms with Gasteiger partial charge in [0, 0.05) is 0 Å². The topological polar surface area (TPSA) is 12.0 Å². The van der Waals surface area contributed by atoms with Crippen molar-refractivity contribution in [3.05, 3.63) is 0 Å². The summed E-state index contributed by atoms with van der Waals surface area (Å²) >= 11 is 2.37. The average Bonchev–Trinajstić information content (AvgIpc) is 1.79. The molecule has 0 aromatic heterocycles. The Morgan fingerprint density at radius 1 is 0.929 bits per heavy atom. The third kappa shape index (κ3) is 3.34. The molecule has 0 fully saturated rings. The van der Waals surface area contributed by atoms with Crippen LogP contribution < -0.4 is 5.09 Å². The first kappa shape index (κ1) is 15.2. The molecule has 0 spiro atoms. The van der Waals surface area contributed by atoms with E-state index in [-0.39, 0.29) is 0 Å². The van der Waals surface area contributed by atoms with Gasteiger partial charge in [0.1, 0.15) is 0 Å². The summed E-state index contributed by atoms with van der Waals surface area (Å²) in [7, 11) is 0. The number of hydrogen-bond acceptors (Lipinski definition) is 1. The average molecular weight is 331 g/mol. The molecule has 0 rings (SSSR count). The molecule has 0 saturated heterocycles. The van der Waals surface area contributed by atoms with Crippen LogP contribution in [-0.2, 0) is 0 Å². The van der Waals surface area contributed by atoms with Gasteiger partial charge < -0.3 is 0 Å². The first-order valence-corrected chi connectivity index (χ1v) is 10.1. The van der Waals surface area contributed by atoms with Gasteiger partial charge in [-0.2, -0.15) is 0 Å². The van der Waals surface area contributed by atoms with Gasteiger partial charge in [0.05, 0.1) is 0 Å². The molecule has 0 unspecified atom stereocenters. The van der Waals surface area contributed by atoms with Crippen molar-refractivity contribution in [1.82, 2.24) is 5.09 Å². The third-order valence-electron chi connectivity index (χ3n) is 2.33. The van der Waals surface area contributed by atoms with Gasteiger partial charge in [-0.1, -0.05) is 0 Å². The van der Waals surface area contributed by atoms with E-state index < -0.39 is 4.64 Å². The molecule has 3 heteroatoms. The summed E-state index contributed by atoms with van der Waals surface area (Å²) in [5.41, 5.74) is 0. The van der Waals surface area contributed by atoms with Crippen molar-refractivity contribution < 1.29 is 0 Å². The molecule has 0 aliphatic rings. The van der Waals surface area contributed by atoms with Crippen LogP contribution in [0.15, 0.2) is 0 Å². The minimum absolute atomic E-state index is 0.375. The van der Waals surface area contributed by atoms with Crippen molar-refractivity contribution in [3.63, 3.8) is 0 Å². The first-order valence-electron chi connectivity index (χ1n) is 5.30. The molecular formula is C11H26NPTe. The predicted octanol–water partition coefficient (Wildman–Crippen LogP) is 3.60. The van der Waals surface area contributed by atoms with Gasteiger partial charge in [0.25, 0.3) is 0 Å². The Morgan fingerprint density at radius 2 is 1.21 bits per heavy atom. The number of hydrogen-bond donors (Lipinski definition) is 1. The van der Waals surface area contributed by atoms with Crippen LogP contribution in [0.3, 0.4) is 0 Å². The fourth-order valence-corrected chi connectivity index (χ4v) is 7.08. The van der Waals surface area contributed by atoms with Crippen LogP contribution in [0.4, 0.5) is 0 Å². The summed E-state index contributed by atoms with van der Waals surface area (Å²) in [5.74, 6) is 0. The Labute approximate surface area is 102 Å². The zero-order valence-electron chi connectivity index (χ0n) is 10.9. The van der Waals surface area contributed by atoms with E-state index in [4.69, 9.17) is 0 Å². The van der Waals surface area contributed by atoms with E-state index in [1.165, 1.54) is 0 Å². The molecule has 0 aromatic carbocycles. The van der Waals surface area contributed by atoms with Crippen LogP contribution >= 0.6 is 4.64 Å². The first-order chi connectivity index (χ1) is 5.92. The van der Waals surface area contributed by atoms with E-state index in [9.17, 15) is 0 Å². The molecule has 0 saturated carbocycles. The summed E-state index contributed by atoms with van der Waals surface area (Å²) in [4.78, 5) is 0. The Kier molecular flexibility index (Phi) is 4.97.